The van der Waals surface area contributed by atoms with Crippen molar-refractivity contribution in [3.8, 4) is 5.75 Å². The van der Waals surface area contributed by atoms with E-state index in [0.29, 0.717) is 0 Å². The van der Waals surface area contributed by atoms with E-state index in [-0.39, 0.29) is 11.7 Å². The first kappa shape index (κ1) is 14.6. The third-order valence-electron chi connectivity index (χ3n) is 3.92. The number of hydrogen-bond acceptors (Lipinski definition) is 2. The third-order valence-corrected chi connectivity index (χ3v) is 4.57. The van der Waals surface area contributed by atoms with Crippen LogP contribution in [0.15, 0.2) is 22.7 Å². The van der Waals surface area contributed by atoms with Crippen LogP contribution in [-0.4, -0.2) is 12.9 Å². The Kier molecular flexibility index (Phi) is 5.44. The summed E-state index contributed by atoms with van der Waals surface area (Å²) >= 11 is 3.49. The van der Waals surface area contributed by atoms with E-state index in [1.165, 1.54) is 32.1 Å². The zero-order chi connectivity index (χ0) is 13.7. The van der Waals surface area contributed by atoms with E-state index in [9.17, 15) is 4.79 Å². The number of benzene rings is 1. The standard InChI is InChI=1S/C16H21BrO2/c1-19-13-9-10-14(15(17)11-13)16(18)12-7-5-3-2-4-6-8-12/h9-12H,2-8H2,1H3. The summed E-state index contributed by atoms with van der Waals surface area (Å²) in [6.07, 6.45) is 8.32. The largest absolute Gasteiger partial charge is 0.497 e. The Balaban J connectivity index is 2.13. The number of ether oxygens (including phenoxy) is 1. The molecule has 1 saturated carbocycles. The van der Waals surface area contributed by atoms with Crippen LogP contribution in [-0.2, 0) is 0 Å². The molecule has 1 aromatic carbocycles. The molecule has 2 rings (SSSR count). The van der Waals surface area contributed by atoms with Gasteiger partial charge in [-0.15, -0.1) is 0 Å². The highest BCUT2D eigenvalue weighted by molar-refractivity contribution is 9.10. The predicted octanol–water partition coefficient (Wildman–Crippen LogP) is 5.00. The van der Waals surface area contributed by atoms with Gasteiger partial charge in [0.25, 0.3) is 0 Å². The maximum absolute atomic E-state index is 12.6. The number of halogens is 1. The fourth-order valence-electron chi connectivity index (χ4n) is 2.76. The summed E-state index contributed by atoms with van der Waals surface area (Å²) < 4.78 is 6.02. The lowest BCUT2D eigenvalue weighted by atomic mass is 9.86. The maximum atomic E-state index is 12.6. The molecule has 0 spiro atoms. The molecule has 2 nitrogen and oxygen atoms in total. The summed E-state index contributed by atoms with van der Waals surface area (Å²) in [6.45, 7) is 0. The number of rotatable bonds is 3. The lowest BCUT2D eigenvalue weighted by Crippen LogP contribution is -2.16. The van der Waals surface area contributed by atoms with Crippen molar-refractivity contribution in [1.29, 1.82) is 0 Å². The Morgan fingerprint density at radius 2 is 1.79 bits per heavy atom. The second-order valence-corrected chi connectivity index (χ2v) is 6.11. The molecule has 0 amide bonds. The molecule has 0 heterocycles. The summed E-state index contributed by atoms with van der Waals surface area (Å²) in [6, 6.07) is 5.61. The Hall–Kier alpha value is -0.830. The van der Waals surface area contributed by atoms with Crippen molar-refractivity contribution in [2.24, 2.45) is 5.92 Å². The summed E-state index contributed by atoms with van der Waals surface area (Å²) in [5.74, 6) is 1.27. The second-order valence-electron chi connectivity index (χ2n) is 5.25. The number of methoxy groups -OCH3 is 1. The quantitative estimate of drug-likeness (QED) is 0.731. The van der Waals surface area contributed by atoms with Crippen molar-refractivity contribution in [2.75, 3.05) is 7.11 Å². The summed E-state index contributed by atoms with van der Waals surface area (Å²) in [4.78, 5) is 12.6. The van der Waals surface area contributed by atoms with Crippen molar-refractivity contribution < 1.29 is 9.53 Å². The fourth-order valence-corrected chi connectivity index (χ4v) is 3.31. The van der Waals surface area contributed by atoms with Crippen LogP contribution < -0.4 is 4.74 Å². The molecule has 0 aliphatic heterocycles. The maximum Gasteiger partial charge on any atom is 0.167 e. The summed E-state index contributed by atoms with van der Waals surface area (Å²) in [5, 5.41) is 0. The Morgan fingerprint density at radius 1 is 1.16 bits per heavy atom. The van der Waals surface area contributed by atoms with Crippen LogP contribution in [0.1, 0.15) is 55.3 Å². The van der Waals surface area contributed by atoms with Crippen LogP contribution in [0.3, 0.4) is 0 Å². The topological polar surface area (TPSA) is 26.3 Å². The van der Waals surface area contributed by atoms with E-state index in [2.05, 4.69) is 15.9 Å². The van der Waals surface area contributed by atoms with Crippen LogP contribution >= 0.6 is 15.9 Å². The number of carbonyl (C=O) groups is 1. The van der Waals surface area contributed by atoms with Gasteiger partial charge >= 0.3 is 0 Å². The van der Waals surface area contributed by atoms with Gasteiger partial charge < -0.3 is 4.74 Å². The minimum Gasteiger partial charge on any atom is -0.497 e. The average molecular weight is 325 g/mol. The fraction of sp³-hybridized carbons (Fsp3) is 0.562. The van der Waals surface area contributed by atoms with E-state index in [1.54, 1.807) is 7.11 Å². The molecule has 0 unspecified atom stereocenters. The smallest absolute Gasteiger partial charge is 0.167 e. The second kappa shape index (κ2) is 7.09. The van der Waals surface area contributed by atoms with E-state index < -0.39 is 0 Å². The lowest BCUT2D eigenvalue weighted by molar-refractivity contribution is 0.0897. The van der Waals surface area contributed by atoms with Gasteiger partial charge in [0, 0.05) is 16.0 Å². The Morgan fingerprint density at radius 3 is 2.37 bits per heavy atom. The van der Waals surface area contributed by atoms with E-state index >= 15 is 0 Å². The number of Topliss-reactive ketones (excluding diaryl/α,β-unsaturated/α-hetero) is 1. The van der Waals surface area contributed by atoms with Crippen LogP contribution in [0.2, 0.25) is 0 Å². The zero-order valence-corrected chi connectivity index (χ0v) is 13.0. The molecule has 1 aromatic rings. The molecule has 0 saturated heterocycles. The molecule has 1 fully saturated rings. The monoisotopic (exact) mass is 324 g/mol. The molecule has 0 N–H and O–H groups in total. The first-order chi connectivity index (χ1) is 9.22. The van der Waals surface area contributed by atoms with Gasteiger partial charge in [0.2, 0.25) is 0 Å². The van der Waals surface area contributed by atoms with Crippen molar-refractivity contribution in [3.63, 3.8) is 0 Å². The number of carbonyl (C=O) groups excluding carboxylic acids is 1. The van der Waals surface area contributed by atoms with Crippen LogP contribution in [0.5, 0.6) is 5.75 Å². The third kappa shape index (κ3) is 3.82. The van der Waals surface area contributed by atoms with Crippen LogP contribution in [0.4, 0.5) is 0 Å². The molecule has 1 aliphatic carbocycles. The van der Waals surface area contributed by atoms with Crippen molar-refractivity contribution in [1.82, 2.24) is 0 Å². The van der Waals surface area contributed by atoms with Gasteiger partial charge in [0.15, 0.2) is 5.78 Å². The zero-order valence-electron chi connectivity index (χ0n) is 11.5. The van der Waals surface area contributed by atoms with Crippen LogP contribution in [0, 0.1) is 5.92 Å². The summed E-state index contributed by atoms with van der Waals surface area (Å²) in [7, 11) is 1.64. The minimum atomic E-state index is 0.199. The molecule has 0 bridgehead atoms. The van der Waals surface area contributed by atoms with Crippen molar-refractivity contribution in [3.05, 3.63) is 28.2 Å². The first-order valence-electron chi connectivity index (χ1n) is 7.10. The van der Waals surface area contributed by atoms with E-state index in [4.69, 9.17) is 4.74 Å². The number of hydrogen-bond donors (Lipinski definition) is 0. The molecule has 0 aromatic heterocycles. The normalized spacial score (nSPS) is 17.6. The van der Waals surface area contributed by atoms with E-state index in [1.807, 2.05) is 18.2 Å². The van der Waals surface area contributed by atoms with Gasteiger partial charge in [-0.3, -0.25) is 4.79 Å². The molecular weight excluding hydrogens is 304 g/mol. The molecule has 19 heavy (non-hydrogen) atoms. The highest BCUT2D eigenvalue weighted by Crippen LogP contribution is 2.30. The molecule has 1 aliphatic rings. The molecule has 0 atom stereocenters. The minimum absolute atomic E-state index is 0.199. The molecule has 104 valence electrons. The van der Waals surface area contributed by atoms with E-state index in [0.717, 1.165) is 28.6 Å². The Bertz CT molecular complexity index is 434. The number of ketones is 1. The SMILES string of the molecule is COc1ccc(C(=O)C2CCCCCCC2)c(Br)c1. The van der Waals surface area contributed by atoms with Gasteiger partial charge in [-0.05, 0) is 47.0 Å². The molecule has 0 radical (unpaired) electrons. The van der Waals surface area contributed by atoms with Gasteiger partial charge in [-0.1, -0.05) is 32.1 Å². The van der Waals surface area contributed by atoms with Gasteiger partial charge in [-0.25, -0.2) is 0 Å². The van der Waals surface area contributed by atoms with Gasteiger partial charge in [0.05, 0.1) is 7.11 Å². The average Bonchev–Trinajstić information content (AvgIpc) is 2.37. The first-order valence-corrected chi connectivity index (χ1v) is 7.89. The lowest BCUT2D eigenvalue weighted by Gasteiger charge is -2.19. The predicted molar refractivity (Wildman–Crippen MR) is 80.8 cm³/mol. The Labute approximate surface area is 123 Å². The van der Waals surface area contributed by atoms with Crippen LogP contribution in [0.25, 0.3) is 0 Å². The van der Waals surface area contributed by atoms with Gasteiger partial charge in [-0.2, -0.15) is 0 Å². The van der Waals surface area contributed by atoms with Crippen molar-refractivity contribution in [2.45, 2.75) is 44.9 Å². The highest BCUT2D eigenvalue weighted by atomic mass is 79.9. The van der Waals surface area contributed by atoms with Gasteiger partial charge in [0.1, 0.15) is 5.75 Å². The highest BCUT2D eigenvalue weighted by Gasteiger charge is 2.22. The van der Waals surface area contributed by atoms with Crippen molar-refractivity contribution >= 4 is 21.7 Å². The molecular formula is C16H21BrO2. The molecule has 3 heteroatoms. The summed E-state index contributed by atoms with van der Waals surface area (Å²) in [5.41, 5.74) is 0.798.